The summed E-state index contributed by atoms with van der Waals surface area (Å²) < 4.78 is 39.6. The maximum atomic E-state index is 12.9. The number of hydrogen-bond donors (Lipinski definition) is 0. The van der Waals surface area contributed by atoms with E-state index in [-0.39, 0.29) is 10.8 Å². The van der Waals surface area contributed by atoms with Crippen LogP contribution < -0.4 is 0 Å². The Morgan fingerprint density at radius 2 is 1.24 bits per heavy atom. The van der Waals surface area contributed by atoms with E-state index in [1.807, 2.05) is 54.6 Å². The maximum Gasteiger partial charge on any atom is -0.109 e. The van der Waals surface area contributed by atoms with E-state index in [2.05, 4.69) is 97.9 Å². The fourth-order valence-corrected chi connectivity index (χ4v) is 7.66. The summed E-state index contributed by atoms with van der Waals surface area (Å²) in [4.78, 5) is 0. The second kappa shape index (κ2) is 14.8. The average Bonchev–Trinajstić information content (AvgIpc) is 3.74. The fourth-order valence-electron chi connectivity index (χ4n) is 6.74. The summed E-state index contributed by atoms with van der Waals surface area (Å²) in [6.07, 6.45) is 5.69. The third kappa shape index (κ3) is 8.58. The quantitative estimate of drug-likeness (QED) is 0.155. The van der Waals surface area contributed by atoms with E-state index in [1.54, 1.807) is 6.07 Å². The third-order valence-electron chi connectivity index (χ3n) is 9.13. The molecule has 0 heterocycles. The van der Waals surface area contributed by atoms with Crippen molar-refractivity contribution in [3.05, 3.63) is 160 Å². The van der Waals surface area contributed by atoms with Crippen molar-refractivity contribution in [2.24, 2.45) is 0 Å². The molecule has 0 radical (unpaired) electrons. The van der Waals surface area contributed by atoms with Crippen LogP contribution in [0.3, 0.4) is 0 Å². The van der Waals surface area contributed by atoms with Gasteiger partial charge < -0.3 is 0 Å². The van der Waals surface area contributed by atoms with Gasteiger partial charge in [-0.15, -0.1) is 46.2 Å². The van der Waals surface area contributed by atoms with Gasteiger partial charge in [0.2, 0.25) is 0 Å². The van der Waals surface area contributed by atoms with E-state index in [9.17, 15) is 13.2 Å². The number of alkyl halides is 3. The van der Waals surface area contributed by atoms with Gasteiger partial charge in [0, 0.05) is 0 Å². The first-order valence-corrected chi connectivity index (χ1v) is 18.3. The fraction of sp³-hybridized carbons (Fsp3) is 0.261. The zero-order chi connectivity index (χ0) is 36.4. The zero-order valence-electron chi connectivity index (χ0n) is 30.3. The molecule has 4 heteroatoms. The van der Waals surface area contributed by atoms with Gasteiger partial charge in [-0.1, -0.05) is 75.9 Å². The van der Waals surface area contributed by atoms with Gasteiger partial charge in [-0.3, -0.25) is 6.08 Å². The number of hydrogen-bond acceptors (Lipinski definition) is 0. The summed E-state index contributed by atoms with van der Waals surface area (Å²) in [6.45, 7) is 18.3. The van der Waals surface area contributed by atoms with Crippen LogP contribution in [-0.2, 0) is 41.2 Å². The van der Waals surface area contributed by atoms with E-state index in [4.69, 9.17) is 0 Å². The van der Waals surface area contributed by atoms with Crippen LogP contribution >= 0.6 is 0 Å². The number of benzene rings is 5. The molecule has 0 atom stereocenters. The van der Waals surface area contributed by atoms with Gasteiger partial charge in [0.15, 0.2) is 0 Å². The summed E-state index contributed by atoms with van der Waals surface area (Å²) in [5.41, 5.74) is 7.08. The first kappa shape index (κ1) is 37.5. The predicted octanol–water partition coefficient (Wildman–Crippen LogP) is 13.2. The van der Waals surface area contributed by atoms with Gasteiger partial charge in [-0.05, 0) is 24.7 Å². The Morgan fingerprint density at radius 1 is 0.680 bits per heavy atom. The van der Waals surface area contributed by atoms with Crippen LogP contribution in [0, 0.1) is 19.9 Å². The van der Waals surface area contributed by atoms with Crippen LogP contribution in [0.2, 0.25) is 0 Å². The molecule has 0 spiro atoms. The molecule has 1 aliphatic rings. The van der Waals surface area contributed by atoms with Crippen molar-refractivity contribution >= 4 is 35.5 Å². The Morgan fingerprint density at radius 3 is 1.74 bits per heavy atom. The number of rotatable bonds is 2. The largest absolute Gasteiger partial charge is 0.273 e. The van der Waals surface area contributed by atoms with Crippen LogP contribution in [0.25, 0.3) is 32.3 Å². The normalized spacial score (nSPS) is 13.0. The molecule has 0 unspecified atom stereocenters. The molecule has 0 fully saturated rings. The topological polar surface area (TPSA) is 0 Å². The van der Waals surface area contributed by atoms with Crippen LogP contribution in [0.1, 0.15) is 86.9 Å². The molecule has 7 rings (SSSR count). The van der Waals surface area contributed by atoms with Gasteiger partial charge in [-0.2, -0.15) is 6.08 Å². The molecule has 254 valence electrons. The summed E-state index contributed by atoms with van der Waals surface area (Å²) in [6, 6.07) is 31.3. The minimum atomic E-state index is -4.31. The first-order chi connectivity index (χ1) is 23.4. The van der Waals surface area contributed by atoms with Crippen LogP contribution in [0.4, 0.5) is 13.2 Å². The molecule has 0 nitrogen and oxygen atoms in total. The average molecular weight is 746 g/mol. The minimum absolute atomic E-state index is 0.180. The van der Waals surface area contributed by atoms with Crippen molar-refractivity contribution < 1.29 is 37.4 Å². The Kier molecular flexibility index (Phi) is 11.1. The number of aryl methyl sites for hydroxylation is 2. The summed E-state index contributed by atoms with van der Waals surface area (Å²) in [5, 5.41) is 7.70. The monoisotopic (exact) mass is 744 g/mol. The van der Waals surface area contributed by atoms with E-state index < -0.39 is 11.7 Å². The van der Waals surface area contributed by atoms with Gasteiger partial charge >= 0.3 is 141 Å². The molecular formula is C46H45F3Zr. The van der Waals surface area contributed by atoms with Crippen molar-refractivity contribution in [3.63, 3.8) is 0 Å². The summed E-state index contributed by atoms with van der Waals surface area (Å²) >= 11 is 1.09. The smallest absolute Gasteiger partial charge is 0.109 e. The number of allylic oxidation sites excluding steroid dienone is 4. The molecule has 0 aromatic heterocycles. The molecule has 1 aliphatic carbocycles. The second-order valence-electron chi connectivity index (χ2n) is 15.1. The van der Waals surface area contributed by atoms with Crippen LogP contribution in [0.15, 0.2) is 115 Å². The molecule has 0 bridgehead atoms. The summed E-state index contributed by atoms with van der Waals surface area (Å²) in [7, 11) is 0. The van der Waals surface area contributed by atoms with E-state index in [0.717, 1.165) is 56.3 Å². The van der Waals surface area contributed by atoms with Gasteiger partial charge in [0.25, 0.3) is 0 Å². The van der Waals surface area contributed by atoms with E-state index in [1.165, 1.54) is 55.9 Å². The Labute approximate surface area is 310 Å². The molecule has 6 aromatic rings. The second-order valence-corrected chi connectivity index (χ2v) is 16.4. The Hall–Kier alpha value is -3.75. The SMILES string of the molecule is Cc1cc2[cH-]c3cc(C)c(C(C)(C)C)cc3c2cc1C(C)(C)C.FC(F)(F)c1cccc([C](=[Zr+2])c2cccc3ccccc23)c1.[C-]1=CC=CC1. The Balaban J connectivity index is 0.000000170. The molecule has 50 heavy (non-hydrogen) atoms. The summed E-state index contributed by atoms with van der Waals surface area (Å²) in [5.74, 6) is 0. The Bertz CT molecular complexity index is 2140. The van der Waals surface area contributed by atoms with Crippen molar-refractivity contribution in [2.45, 2.75) is 78.8 Å². The van der Waals surface area contributed by atoms with E-state index >= 15 is 0 Å². The molecule has 0 saturated carbocycles. The maximum absolute atomic E-state index is 12.9. The van der Waals surface area contributed by atoms with Gasteiger partial charge in [0.05, 0.1) is 0 Å². The number of halogens is 3. The molecular weight excluding hydrogens is 701 g/mol. The van der Waals surface area contributed by atoms with Gasteiger partial charge in [-0.25, -0.2) is 12.2 Å². The first-order valence-electron chi connectivity index (χ1n) is 17.1. The predicted molar refractivity (Wildman–Crippen MR) is 204 cm³/mol. The van der Waals surface area contributed by atoms with Crippen molar-refractivity contribution in [3.8, 4) is 0 Å². The zero-order valence-corrected chi connectivity index (χ0v) is 32.8. The minimum Gasteiger partial charge on any atom is -0.273 e. The van der Waals surface area contributed by atoms with Crippen molar-refractivity contribution in [1.82, 2.24) is 0 Å². The molecule has 6 aromatic carbocycles. The molecule has 0 aliphatic heterocycles. The van der Waals surface area contributed by atoms with E-state index in [0.29, 0.717) is 5.56 Å². The van der Waals surface area contributed by atoms with Crippen molar-refractivity contribution in [2.75, 3.05) is 0 Å². The standard InChI is InChI=1S/C23H29.C18H11F3.C5H5.Zr/c1-14-9-16-11-17-10-15(2)21(23(6,7)8)13-19(17)18(16)12-20(14)22(3,4)5;19-18(20,21)16-9-3-5-13(12-16)11-15-8-4-7-14-6-1-2-10-17(14)15;1-2-4-5-3-1;/h9-13H,1-8H3;1-10,12H;1-3H,4H2;/q-1;;-1;+2. The molecule has 0 N–H and O–H groups in total. The van der Waals surface area contributed by atoms with Crippen molar-refractivity contribution in [1.29, 1.82) is 0 Å². The molecule has 0 amide bonds. The van der Waals surface area contributed by atoms with Crippen LogP contribution in [-0.4, -0.2) is 3.21 Å². The van der Waals surface area contributed by atoms with Crippen LogP contribution in [0.5, 0.6) is 0 Å². The van der Waals surface area contributed by atoms with Gasteiger partial charge in [0.1, 0.15) is 0 Å². The molecule has 0 saturated heterocycles. The number of fused-ring (bicyclic) bond motifs is 4. The third-order valence-corrected chi connectivity index (χ3v) is 10.5.